The zero-order valence-corrected chi connectivity index (χ0v) is 23.7. The summed E-state index contributed by atoms with van der Waals surface area (Å²) in [5.74, 6) is -0.633. The Kier molecular flexibility index (Phi) is 10.8. The third-order valence-corrected chi connectivity index (χ3v) is 7.84. The van der Waals surface area contributed by atoms with Gasteiger partial charge in [0.2, 0.25) is 0 Å². The smallest absolute Gasteiger partial charge is 0.356 e. The maximum atomic E-state index is 13.4. The molecule has 0 N–H and O–H groups in total. The first-order chi connectivity index (χ1) is 19.8. The van der Waals surface area contributed by atoms with E-state index < -0.39 is 49.8 Å². The molecule has 3 atom stereocenters. The van der Waals surface area contributed by atoms with E-state index in [0.29, 0.717) is 5.56 Å². The predicted molar refractivity (Wildman–Crippen MR) is 147 cm³/mol. The van der Waals surface area contributed by atoms with Crippen LogP contribution < -0.4 is 11.2 Å². The van der Waals surface area contributed by atoms with E-state index in [2.05, 4.69) is 0 Å². The van der Waals surface area contributed by atoms with Gasteiger partial charge in [0.25, 0.3) is 5.56 Å². The molecule has 1 aromatic heterocycles. The van der Waals surface area contributed by atoms with Crippen molar-refractivity contribution in [1.29, 1.82) is 0 Å². The fourth-order valence-corrected chi connectivity index (χ4v) is 5.55. The lowest BCUT2D eigenvalue weighted by Gasteiger charge is -2.22. The van der Waals surface area contributed by atoms with Crippen LogP contribution in [0.15, 0.2) is 82.5 Å². The first kappa shape index (κ1) is 30.6. The van der Waals surface area contributed by atoms with Crippen LogP contribution in [0.25, 0.3) is 0 Å². The Bertz CT molecular complexity index is 1430. The third kappa shape index (κ3) is 8.10. The largest absolute Gasteiger partial charge is 0.454 e. The van der Waals surface area contributed by atoms with E-state index in [1.54, 1.807) is 44.2 Å². The number of hydrogen-bond acceptors (Lipinski definition) is 10. The van der Waals surface area contributed by atoms with Crippen molar-refractivity contribution in [2.24, 2.45) is 0 Å². The maximum Gasteiger partial charge on any atom is 0.356 e. The minimum absolute atomic E-state index is 0.0115. The Labute approximate surface area is 236 Å². The lowest BCUT2D eigenvalue weighted by molar-refractivity contribution is -0.149. The molecule has 0 amide bonds. The second-order valence-corrected chi connectivity index (χ2v) is 11.0. The molecule has 13 heteroatoms. The SMILES string of the molecule is CCOP(=O)(CO[C@@H]1C[C@H](OC(=O)c2ccccc2)[C@H](n2ccc(=O)n(COCc3ccccc3)c2=O)O1)OCC. The summed E-state index contributed by atoms with van der Waals surface area (Å²) in [4.78, 5) is 38.9. The van der Waals surface area contributed by atoms with Crippen LogP contribution in [-0.4, -0.2) is 47.1 Å². The number of esters is 1. The lowest BCUT2D eigenvalue weighted by atomic mass is 10.2. The minimum atomic E-state index is -3.56. The fourth-order valence-electron chi connectivity index (χ4n) is 4.20. The molecule has 0 saturated carbocycles. The van der Waals surface area contributed by atoms with E-state index in [1.165, 1.54) is 12.3 Å². The first-order valence-electron chi connectivity index (χ1n) is 13.2. The zero-order chi connectivity index (χ0) is 29.2. The van der Waals surface area contributed by atoms with Crippen molar-refractivity contribution in [2.75, 3.05) is 19.6 Å². The molecular formula is C28H33N2O10P. The van der Waals surface area contributed by atoms with Gasteiger partial charge in [-0.15, -0.1) is 0 Å². The van der Waals surface area contributed by atoms with E-state index >= 15 is 0 Å². The molecule has 0 aliphatic carbocycles. The van der Waals surface area contributed by atoms with Crippen molar-refractivity contribution in [3.05, 3.63) is 105 Å². The van der Waals surface area contributed by atoms with Gasteiger partial charge in [0, 0.05) is 18.7 Å². The van der Waals surface area contributed by atoms with Crippen molar-refractivity contribution in [1.82, 2.24) is 9.13 Å². The van der Waals surface area contributed by atoms with Gasteiger partial charge in [-0.25, -0.2) is 14.2 Å². The number of aromatic nitrogens is 2. The van der Waals surface area contributed by atoms with Gasteiger partial charge in [-0.1, -0.05) is 48.5 Å². The molecule has 0 bridgehead atoms. The minimum Gasteiger partial charge on any atom is -0.454 e. The van der Waals surface area contributed by atoms with Crippen molar-refractivity contribution >= 4 is 13.6 Å². The molecule has 4 rings (SSSR count). The Morgan fingerprint density at radius 1 is 0.976 bits per heavy atom. The molecule has 220 valence electrons. The van der Waals surface area contributed by atoms with E-state index in [9.17, 15) is 18.9 Å². The van der Waals surface area contributed by atoms with E-state index in [1.807, 2.05) is 30.3 Å². The van der Waals surface area contributed by atoms with Crippen LogP contribution in [0.3, 0.4) is 0 Å². The van der Waals surface area contributed by atoms with Crippen LogP contribution in [0.4, 0.5) is 0 Å². The second-order valence-electron chi connectivity index (χ2n) is 8.98. The van der Waals surface area contributed by atoms with Crippen molar-refractivity contribution in [3.63, 3.8) is 0 Å². The van der Waals surface area contributed by atoms with Gasteiger partial charge in [-0.3, -0.25) is 13.9 Å². The Balaban J connectivity index is 1.55. The summed E-state index contributed by atoms with van der Waals surface area (Å²) in [5, 5.41) is 0. The van der Waals surface area contributed by atoms with Crippen molar-refractivity contribution in [2.45, 2.75) is 52.2 Å². The van der Waals surface area contributed by atoms with Crippen molar-refractivity contribution in [3.8, 4) is 0 Å². The monoisotopic (exact) mass is 588 g/mol. The third-order valence-electron chi connectivity index (χ3n) is 6.07. The quantitative estimate of drug-likeness (QED) is 0.202. The Morgan fingerprint density at radius 3 is 2.29 bits per heavy atom. The highest BCUT2D eigenvalue weighted by Crippen LogP contribution is 2.48. The normalized spacial score (nSPS) is 18.8. The summed E-state index contributed by atoms with van der Waals surface area (Å²) >= 11 is 0. The van der Waals surface area contributed by atoms with E-state index in [0.717, 1.165) is 14.7 Å². The van der Waals surface area contributed by atoms with E-state index in [-0.39, 0.29) is 33.0 Å². The standard InChI is InChI=1S/C28H33N2O10P/c1-3-37-41(34,38-4-2)20-36-25-17-23(39-27(32)22-13-9-6-10-14-22)26(40-25)29-16-15-24(31)30(28(29)33)19-35-18-21-11-7-5-8-12-21/h5-16,23,25-26H,3-4,17-20H2,1-2H3/t23-,25-,26+/m0/s1. The molecule has 0 radical (unpaired) electrons. The summed E-state index contributed by atoms with van der Waals surface area (Å²) < 4.78 is 48.5. The van der Waals surface area contributed by atoms with Gasteiger partial charge < -0.3 is 28.0 Å². The highest BCUT2D eigenvalue weighted by atomic mass is 31.2. The topological polar surface area (TPSA) is 134 Å². The molecule has 12 nitrogen and oxygen atoms in total. The number of carbonyl (C=O) groups excluding carboxylic acids is 1. The molecule has 2 heterocycles. The first-order valence-corrected chi connectivity index (χ1v) is 14.9. The summed E-state index contributed by atoms with van der Waals surface area (Å²) in [7, 11) is -3.56. The van der Waals surface area contributed by atoms with Gasteiger partial charge >= 0.3 is 19.3 Å². The number of benzene rings is 2. The summed E-state index contributed by atoms with van der Waals surface area (Å²) in [5.41, 5.74) is -0.122. The molecule has 2 aromatic carbocycles. The predicted octanol–water partition coefficient (Wildman–Crippen LogP) is 3.90. The zero-order valence-electron chi connectivity index (χ0n) is 22.8. The summed E-state index contributed by atoms with van der Waals surface area (Å²) in [6, 6.07) is 18.8. The molecule has 41 heavy (non-hydrogen) atoms. The van der Waals surface area contributed by atoms with Crippen LogP contribution in [-0.2, 0) is 45.9 Å². The van der Waals surface area contributed by atoms with Crippen LogP contribution in [0.2, 0.25) is 0 Å². The van der Waals surface area contributed by atoms with Gasteiger partial charge in [0.15, 0.2) is 25.0 Å². The van der Waals surface area contributed by atoms with Crippen LogP contribution in [0.1, 0.15) is 42.4 Å². The van der Waals surface area contributed by atoms with Gasteiger partial charge in [-0.05, 0) is 31.5 Å². The molecule has 0 unspecified atom stereocenters. The number of rotatable bonds is 14. The molecular weight excluding hydrogens is 555 g/mol. The van der Waals surface area contributed by atoms with Crippen LogP contribution in [0.5, 0.6) is 0 Å². The number of carbonyl (C=O) groups is 1. The fraction of sp³-hybridized carbons (Fsp3) is 0.393. The number of hydrogen-bond donors (Lipinski definition) is 0. The number of nitrogens with zero attached hydrogens (tertiary/aromatic N) is 2. The average Bonchev–Trinajstić information content (AvgIpc) is 3.37. The molecule has 1 aliphatic rings. The van der Waals surface area contributed by atoms with Gasteiger partial charge in [0.05, 0.1) is 25.4 Å². The Morgan fingerprint density at radius 2 is 1.63 bits per heavy atom. The Hall–Kier alpha value is -3.38. The summed E-state index contributed by atoms with van der Waals surface area (Å²) in [6.45, 7) is 3.54. The molecule has 0 spiro atoms. The molecule has 3 aromatic rings. The van der Waals surface area contributed by atoms with Crippen LogP contribution in [0, 0.1) is 0 Å². The average molecular weight is 589 g/mol. The lowest BCUT2D eigenvalue weighted by Crippen LogP contribution is -2.43. The van der Waals surface area contributed by atoms with E-state index in [4.69, 9.17) is 28.0 Å². The maximum absolute atomic E-state index is 13.4. The van der Waals surface area contributed by atoms with Gasteiger partial charge in [-0.2, -0.15) is 0 Å². The highest BCUT2D eigenvalue weighted by Gasteiger charge is 2.42. The second kappa shape index (κ2) is 14.5. The van der Waals surface area contributed by atoms with Crippen molar-refractivity contribution < 1.29 is 37.4 Å². The molecule has 1 fully saturated rings. The highest BCUT2D eigenvalue weighted by molar-refractivity contribution is 7.53. The molecule has 1 aliphatic heterocycles. The molecule has 1 saturated heterocycles. The van der Waals surface area contributed by atoms with Crippen LogP contribution >= 0.6 is 7.60 Å². The van der Waals surface area contributed by atoms with Gasteiger partial charge in [0.1, 0.15) is 6.73 Å². The summed E-state index contributed by atoms with van der Waals surface area (Å²) in [6.07, 6.45) is -2.30. The number of ether oxygens (including phenoxy) is 4.